The van der Waals surface area contributed by atoms with Crippen LogP contribution in [-0.2, 0) is 6.42 Å². The van der Waals surface area contributed by atoms with Gasteiger partial charge in [0.05, 0.1) is 11.9 Å². The summed E-state index contributed by atoms with van der Waals surface area (Å²) >= 11 is 6.31. The molecule has 5 heteroatoms. The van der Waals surface area contributed by atoms with E-state index in [1.54, 1.807) is 0 Å². The van der Waals surface area contributed by atoms with Crippen molar-refractivity contribution >= 4 is 11.6 Å². The Morgan fingerprint density at radius 3 is 2.74 bits per heavy atom. The van der Waals surface area contributed by atoms with E-state index in [2.05, 4.69) is 21.4 Å². The number of halogens is 1. The van der Waals surface area contributed by atoms with Crippen LogP contribution in [0.3, 0.4) is 0 Å². The third-order valence-electron chi connectivity index (χ3n) is 4.63. The van der Waals surface area contributed by atoms with Crippen molar-refractivity contribution in [2.75, 3.05) is 19.6 Å². The van der Waals surface area contributed by atoms with Crippen molar-refractivity contribution in [3.63, 3.8) is 0 Å². The fourth-order valence-electron chi connectivity index (χ4n) is 3.45. The molecule has 0 aromatic carbocycles. The Balaban J connectivity index is 1.85. The first-order chi connectivity index (χ1) is 9.20. The van der Waals surface area contributed by atoms with Crippen LogP contribution in [0.25, 0.3) is 0 Å². The molecule has 0 bridgehead atoms. The lowest BCUT2D eigenvalue weighted by molar-refractivity contribution is 0.214. The molecule has 2 aliphatic heterocycles. The van der Waals surface area contributed by atoms with Gasteiger partial charge in [0.15, 0.2) is 5.15 Å². The van der Waals surface area contributed by atoms with Crippen molar-refractivity contribution in [1.29, 1.82) is 0 Å². The van der Waals surface area contributed by atoms with Gasteiger partial charge >= 0.3 is 0 Å². The largest absolute Gasteiger partial charge is 0.314 e. The molecule has 3 rings (SSSR count). The number of hydrogen-bond acceptors (Lipinski definition) is 3. The Kier molecular flexibility index (Phi) is 3.83. The molecule has 1 aromatic rings. The Bertz CT molecular complexity index is 449. The molecule has 2 aliphatic rings. The van der Waals surface area contributed by atoms with Crippen LogP contribution in [0.1, 0.15) is 56.2 Å². The van der Waals surface area contributed by atoms with Gasteiger partial charge in [-0.15, -0.1) is 0 Å². The minimum Gasteiger partial charge on any atom is -0.314 e. The van der Waals surface area contributed by atoms with E-state index in [9.17, 15) is 0 Å². The number of fused-ring (bicyclic) bond motifs is 1. The first-order valence-corrected chi connectivity index (χ1v) is 7.83. The van der Waals surface area contributed by atoms with Gasteiger partial charge in [-0.05, 0) is 51.7 Å². The molecule has 0 amide bonds. The Morgan fingerprint density at radius 1 is 1.32 bits per heavy atom. The average molecular weight is 283 g/mol. The van der Waals surface area contributed by atoms with Gasteiger partial charge in [-0.2, -0.15) is 0 Å². The molecule has 1 aromatic heterocycles. The van der Waals surface area contributed by atoms with Gasteiger partial charge < -0.3 is 15.2 Å². The normalized spacial score (nSPS) is 25.5. The minimum absolute atomic E-state index is 0.0722. The number of rotatable bonds is 2. The van der Waals surface area contributed by atoms with Gasteiger partial charge in [-0.25, -0.2) is 4.98 Å². The lowest BCUT2D eigenvalue weighted by Crippen LogP contribution is -2.34. The molecule has 2 N–H and O–H groups in total. The van der Waals surface area contributed by atoms with Gasteiger partial charge in [-0.1, -0.05) is 18.5 Å². The van der Waals surface area contributed by atoms with Crippen LogP contribution < -0.4 is 5.73 Å². The molecule has 106 valence electrons. The molecule has 0 saturated carbocycles. The molecular formula is C14H23ClN4. The van der Waals surface area contributed by atoms with E-state index in [-0.39, 0.29) is 6.17 Å². The summed E-state index contributed by atoms with van der Waals surface area (Å²) in [5, 5.41) is 0.683. The molecule has 4 nitrogen and oxygen atoms in total. The summed E-state index contributed by atoms with van der Waals surface area (Å²) in [6, 6.07) is 0. The average Bonchev–Trinajstić information content (AvgIpc) is 2.78. The van der Waals surface area contributed by atoms with E-state index in [0.717, 1.165) is 50.4 Å². The second kappa shape index (κ2) is 5.43. The summed E-state index contributed by atoms with van der Waals surface area (Å²) in [6.45, 7) is 5.70. The third-order valence-corrected chi connectivity index (χ3v) is 4.94. The molecule has 1 fully saturated rings. The molecular weight excluding hydrogens is 260 g/mol. The number of nitrogens with zero attached hydrogens (tertiary/aromatic N) is 3. The van der Waals surface area contributed by atoms with Gasteiger partial charge in [0.2, 0.25) is 0 Å². The molecule has 0 spiro atoms. The standard InChI is InChI=1S/C14H23ClN4/c1-2-18-8-6-10(7-9-18)14-17-13(15)11-4-3-5-12(16)19(11)14/h10,12H,2-9,16H2,1H3. The van der Waals surface area contributed by atoms with Crippen LogP contribution in [0.15, 0.2) is 0 Å². The fraction of sp³-hybridized carbons (Fsp3) is 0.786. The first kappa shape index (κ1) is 13.4. The zero-order chi connectivity index (χ0) is 13.4. The highest BCUT2D eigenvalue weighted by Crippen LogP contribution is 2.35. The predicted molar refractivity (Wildman–Crippen MR) is 77.5 cm³/mol. The zero-order valence-corrected chi connectivity index (χ0v) is 12.4. The molecule has 1 saturated heterocycles. The molecule has 3 heterocycles. The highest BCUT2D eigenvalue weighted by Gasteiger charge is 2.30. The van der Waals surface area contributed by atoms with Gasteiger partial charge in [-0.3, -0.25) is 0 Å². The predicted octanol–water partition coefficient (Wildman–Crippen LogP) is 2.53. The second-order valence-corrected chi connectivity index (χ2v) is 6.10. The first-order valence-electron chi connectivity index (χ1n) is 7.45. The van der Waals surface area contributed by atoms with Crippen LogP contribution in [-0.4, -0.2) is 34.1 Å². The number of aromatic nitrogens is 2. The van der Waals surface area contributed by atoms with Gasteiger partial charge in [0, 0.05) is 5.92 Å². The maximum Gasteiger partial charge on any atom is 0.150 e. The van der Waals surface area contributed by atoms with Crippen LogP contribution in [0.4, 0.5) is 0 Å². The number of likely N-dealkylation sites (tertiary alicyclic amines) is 1. The lowest BCUT2D eigenvalue weighted by Gasteiger charge is -2.32. The monoisotopic (exact) mass is 282 g/mol. The summed E-state index contributed by atoms with van der Waals surface area (Å²) in [7, 11) is 0. The summed E-state index contributed by atoms with van der Waals surface area (Å²) < 4.78 is 2.23. The molecule has 19 heavy (non-hydrogen) atoms. The van der Waals surface area contributed by atoms with Crippen molar-refractivity contribution < 1.29 is 0 Å². The number of hydrogen-bond donors (Lipinski definition) is 1. The Hall–Kier alpha value is -0.580. The summed E-state index contributed by atoms with van der Waals surface area (Å²) in [4.78, 5) is 7.15. The number of piperidine rings is 1. The second-order valence-electron chi connectivity index (χ2n) is 5.75. The molecule has 0 aliphatic carbocycles. The smallest absolute Gasteiger partial charge is 0.150 e. The van der Waals surface area contributed by atoms with Gasteiger partial charge in [0.1, 0.15) is 5.82 Å². The highest BCUT2D eigenvalue weighted by molar-refractivity contribution is 6.30. The van der Waals surface area contributed by atoms with E-state index in [1.165, 1.54) is 12.8 Å². The number of nitrogens with two attached hydrogens (primary N) is 1. The van der Waals surface area contributed by atoms with E-state index < -0.39 is 0 Å². The van der Waals surface area contributed by atoms with Crippen molar-refractivity contribution in [3.05, 3.63) is 16.7 Å². The van der Waals surface area contributed by atoms with Crippen molar-refractivity contribution in [2.45, 2.75) is 51.1 Å². The Morgan fingerprint density at radius 2 is 2.05 bits per heavy atom. The minimum atomic E-state index is 0.0722. The third kappa shape index (κ3) is 2.41. The zero-order valence-electron chi connectivity index (χ0n) is 11.6. The SMILES string of the molecule is CCN1CCC(c2nc(Cl)c3n2C(N)CCC3)CC1. The van der Waals surface area contributed by atoms with E-state index in [0.29, 0.717) is 11.1 Å². The van der Waals surface area contributed by atoms with Gasteiger partial charge in [0.25, 0.3) is 0 Å². The van der Waals surface area contributed by atoms with E-state index in [1.807, 2.05) is 0 Å². The maximum atomic E-state index is 6.31. The van der Waals surface area contributed by atoms with Crippen molar-refractivity contribution in [3.8, 4) is 0 Å². The Labute approximate surface area is 119 Å². The molecule has 1 unspecified atom stereocenters. The highest BCUT2D eigenvalue weighted by atomic mass is 35.5. The van der Waals surface area contributed by atoms with E-state index >= 15 is 0 Å². The molecule has 0 radical (unpaired) electrons. The summed E-state index contributed by atoms with van der Waals surface area (Å²) in [6.07, 6.45) is 5.61. The lowest BCUT2D eigenvalue weighted by atomic mass is 9.95. The topological polar surface area (TPSA) is 47.1 Å². The van der Waals surface area contributed by atoms with Crippen molar-refractivity contribution in [1.82, 2.24) is 14.5 Å². The van der Waals surface area contributed by atoms with Crippen molar-refractivity contribution in [2.24, 2.45) is 5.73 Å². The maximum absolute atomic E-state index is 6.31. The van der Waals surface area contributed by atoms with Crippen LogP contribution in [0.5, 0.6) is 0 Å². The van der Waals surface area contributed by atoms with Crippen LogP contribution in [0, 0.1) is 0 Å². The number of imidazole rings is 1. The molecule has 1 atom stereocenters. The van der Waals surface area contributed by atoms with Crippen LogP contribution in [0.2, 0.25) is 5.15 Å². The summed E-state index contributed by atoms with van der Waals surface area (Å²) in [5.74, 6) is 1.67. The quantitative estimate of drug-likeness (QED) is 0.907. The van der Waals surface area contributed by atoms with Crippen LogP contribution >= 0.6 is 11.6 Å². The summed E-state index contributed by atoms with van der Waals surface area (Å²) in [5.41, 5.74) is 7.44. The van der Waals surface area contributed by atoms with E-state index in [4.69, 9.17) is 17.3 Å². The fourth-order valence-corrected chi connectivity index (χ4v) is 3.73.